The fourth-order valence-electron chi connectivity index (χ4n) is 4.37. The molecule has 1 saturated heterocycles. The molecule has 0 aliphatic carbocycles. The van der Waals surface area contributed by atoms with E-state index in [2.05, 4.69) is 20.6 Å². The van der Waals surface area contributed by atoms with Crippen molar-refractivity contribution in [1.29, 1.82) is 0 Å². The minimum absolute atomic E-state index is 0.102. The topological polar surface area (TPSA) is 114 Å². The van der Waals surface area contributed by atoms with Crippen LogP contribution in [0.2, 0.25) is 0 Å². The first-order valence-electron chi connectivity index (χ1n) is 13.4. The van der Waals surface area contributed by atoms with Gasteiger partial charge < -0.3 is 15.4 Å². The summed E-state index contributed by atoms with van der Waals surface area (Å²) in [5, 5.41) is 7.70. The first-order valence-corrected chi connectivity index (χ1v) is 15.3. The van der Waals surface area contributed by atoms with Crippen LogP contribution in [-0.4, -0.2) is 50.1 Å². The van der Waals surface area contributed by atoms with Gasteiger partial charge >= 0.3 is 6.09 Å². The lowest BCUT2D eigenvalue weighted by Crippen LogP contribution is -2.45. The largest absolute Gasteiger partial charge is 0.444 e. The normalized spacial score (nSPS) is 16.6. The average molecular weight is 602 g/mol. The Morgan fingerprint density at radius 2 is 1.71 bits per heavy atom. The highest BCUT2D eigenvalue weighted by molar-refractivity contribution is 7.99. The van der Waals surface area contributed by atoms with Crippen molar-refractivity contribution in [3.05, 3.63) is 101 Å². The van der Waals surface area contributed by atoms with Crippen LogP contribution in [0.5, 0.6) is 0 Å². The maximum absolute atomic E-state index is 13.5. The van der Waals surface area contributed by atoms with Gasteiger partial charge in [0.2, 0.25) is 5.91 Å². The lowest BCUT2D eigenvalue weighted by molar-refractivity contribution is -0.120. The molecule has 2 aromatic carbocycles. The average Bonchev–Trinajstić information content (AvgIpc) is 3.64. The number of nitrogens with zero attached hydrogens (tertiary/aromatic N) is 3. The van der Waals surface area contributed by atoms with E-state index in [0.717, 1.165) is 16.7 Å². The van der Waals surface area contributed by atoms with Crippen LogP contribution in [0.25, 0.3) is 11.3 Å². The molecule has 0 bridgehead atoms. The third kappa shape index (κ3) is 7.15. The number of thioether (sulfide) groups is 1. The number of ether oxygens (including phenoxy) is 1. The summed E-state index contributed by atoms with van der Waals surface area (Å²) in [5.74, 6) is -0.0901. The lowest BCUT2D eigenvalue weighted by atomic mass is 10.1. The van der Waals surface area contributed by atoms with Crippen molar-refractivity contribution < 1.29 is 19.1 Å². The molecule has 216 valence electrons. The number of thiazole rings is 1. The molecule has 0 spiro atoms. The van der Waals surface area contributed by atoms with Gasteiger partial charge in [-0.3, -0.25) is 19.5 Å². The second-order valence-corrected chi connectivity index (χ2v) is 12.7. The van der Waals surface area contributed by atoms with Gasteiger partial charge in [-0.05, 0) is 56.2 Å². The van der Waals surface area contributed by atoms with E-state index in [1.807, 2.05) is 80.7 Å². The van der Waals surface area contributed by atoms with Gasteiger partial charge in [-0.25, -0.2) is 9.78 Å². The Morgan fingerprint density at radius 1 is 1.00 bits per heavy atom. The monoisotopic (exact) mass is 601 g/mol. The summed E-state index contributed by atoms with van der Waals surface area (Å²) in [7, 11) is 0. The number of amides is 3. The van der Waals surface area contributed by atoms with Crippen LogP contribution in [0.15, 0.2) is 84.5 Å². The predicted octanol–water partition coefficient (Wildman–Crippen LogP) is 6.12. The predicted molar refractivity (Wildman–Crippen MR) is 165 cm³/mol. The van der Waals surface area contributed by atoms with Crippen LogP contribution >= 0.6 is 23.1 Å². The molecule has 9 nitrogen and oxygen atoms in total. The van der Waals surface area contributed by atoms with E-state index in [0.29, 0.717) is 22.1 Å². The minimum Gasteiger partial charge on any atom is -0.444 e. The van der Waals surface area contributed by atoms with Crippen molar-refractivity contribution in [3.63, 3.8) is 0 Å². The molecule has 2 N–H and O–H groups in total. The Bertz CT molecular complexity index is 1540. The minimum atomic E-state index is -0.760. The molecule has 1 fully saturated rings. The fourth-order valence-corrected chi connectivity index (χ4v) is 6.51. The van der Waals surface area contributed by atoms with E-state index in [1.54, 1.807) is 24.5 Å². The summed E-state index contributed by atoms with van der Waals surface area (Å²) in [6, 6.07) is 19.5. The van der Waals surface area contributed by atoms with Crippen molar-refractivity contribution in [1.82, 2.24) is 20.2 Å². The maximum atomic E-state index is 13.5. The molecule has 11 heteroatoms. The third-order valence-electron chi connectivity index (χ3n) is 6.38. The van der Waals surface area contributed by atoms with E-state index in [4.69, 9.17) is 4.74 Å². The highest BCUT2D eigenvalue weighted by atomic mass is 32.2. The van der Waals surface area contributed by atoms with E-state index in [9.17, 15) is 14.4 Å². The smallest absolute Gasteiger partial charge is 0.412 e. The number of benzene rings is 2. The van der Waals surface area contributed by atoms with E-state index < -0.39 is 17.5 Å². The Hall–Kier alpha value is -4.22. The van der Waals surface area contributed by atoms with Gasteiger partial charge in [0.25, 0.3) is 5.91 Å². The van der Waals surface area contributed by atoms with Gasteiger partial charge in [-0.2, -0.15) is 0 Å². The quantitative estimate of drug-likeness (QED) is 0.262. The Kier molecular flexibility index (Phi) is 8.89. The number of carbonyl (C=O) groups excluding carboxylic acids is 3. The van der Waals surface area contributed by atoms with Crippen LogP contribution in [0.1, 0.15) is 47.6 Å². The van der Waals surface area contributed by atoms with Crippen LogP contribution < -0.4 is 10.6 Å². The third-order valence-corrected chi connectivity index (χ3v) is 8.46. The molecule has 0 radical (unpaired) electrons. The zero-order valence-corrected chi connectivity index (χ0v) is 25.1. The van der Waals surface area contributed by atoms with Gasteiger partial charge in [0.1, 0.15) is 18.0 Å². The number of hydrogen-bond acceptors (Lipinski definition) is 8. The first-order chi connectivity index (χ1) is 20.2. The molecule has 5 rings (SSSR count). The van der Waals surface area contributed by atoms with Gasteiger partial charge in [0, 0.05) is 40.2 Å². The lowest BCUT2D eigenvalue weighted by Gasteiger charge is -2.28. The van der Waals surface area contributed by atoms with E-state index >= 15 is 0 Å². The van der Waals surface area contributed by atoms with E-state index in [1.165, 1.54) is 28.0 Å². The molecule has 42 heavy (non-hydrogen) atoms. The maximum Gasteiger partial charge on any atom is 0.412 e. The number of hydrogen-bond donors (Lipinski definition) is 2. The second kappa shape index (κ2) is 12.7. The van der Waals surface area contributed by atoms with Crippen molar-refractivity contribution in [2.45, 2.75) is 44.3 Å². The number of aromatic nitrogens is 2. The molecule has 1 unspecified atom stereocenters. The van der Waals surface area contributed by atoms with Gasteiger partial charge in [0.05, 0.1) is 5.69 Å². The van der Waals surface area contributed by atoms with E-state index in [-0.39, 0.29) is 24.0 Å². The van der Waals surface area contributed by atoms with Crippen LogP contribution in [0.3, 0.4) is 0 Å². The highest BCUT2D eigenvalue weighted by Gasteiger charge is 2.43. The summed E-state index contributed by atoms with van der Waals surface area (Å²) in [5.41, 5.74) is 3.43. The van der Waals surface area contributed by atoms with Gasteiger partial charge in [-0.15, -0.1) is 23.1 Å². The SMILES string of the molecule is CC(C)(C)NC(=O)c1ccc(-c2csc(NC(=O)[C@@H]3CSC(c4ccncc4)N3C(=O)OCc3ccccc3)n2)cc1. The molecular formula is C31H31N5O4S2. The zero-order valence-electron chi connectivity index (χ0n) is 23.4. The molecule has 2 atom stereocenters. The molecule has 4 aromatic rings. The van der Waals surface area contributed by atoms with Gasteiger partial charge in [0.15, 0.2) is 5.13 Å². The molecule has 3 amide bonds. The standard InChI is InChI=1S/C31H31N5O4S2/c1-31(2,3)35-26(37)22-11-9-21(10-12-22)24-18-42-29(33-24)34-27(38)25-19-41-28(23-13-15-32-16-14-23)36(25)30(39)40-17-20-7-5-4-6-8-20/h4-16,18,25,28H,17,19H2,1-3H3,(H,35,37)(H,33,34,38)/t25-,28?/m0/s1. The second-order valence-electron chi connectivity index (χ2n) is 10.7. The summed E-state index contributed by atoms with van der Waals surface area (Å²) in [6.07, 6.45) is 2.76. The van der Waals surface area contributed by atoms with Crippen molar-refractivity contribution in [2.24, 2.45) is 0 Å². The molecule has 3 heterocycles. The van der Waals surface area contributed by atoms with Crippen molar-refractivity contribution in [3.8, 4) is 11.3 Å². The Labute approximate surface area is 252 Å². The van der Waals surface area contributed by atoms with Gasteiger partial charge in [-0.1, -0.05) is 42.5 Å². The Morgan fingerprint density at radius 3 is 2.40 bits per heavy atom. The fraction of sp³-hybridized carbons (Fsp3) is 0.258. The molecule has 1 aliphatic rings. The Balaban J connectivity index is 1.28. The summed E-state index contributed by atoms with van der Waals surface area (Å²) >= 11 is 2.79. The summed E-state index contributed by atoms with van der Waals surface area (Å²) in [4.78, 5) is 49.5. The number of carbonyl (C=O) groups is 3. The van der Waals surface area contributed by atoms with Crippen LogP contribution in [0.4, 0.5) is 9.93 Å². The first kappa shape index (κ1) is 29.3. The van der Waals surface area contributed by atoms with Crippen LogP contribution in [-0.2, 0) is 16.1 Å². The summed E-state index contributed by atoms with van der Waals surface area (Å²) in [6.45, 7) is 5.90. The highest BCUT2D eigenvalue weighted by Crippen LogP contribution is 2.42. The summed E-state index contributed by atoms with van der Waals surface area (Å²) < 4.78 is 5.65. The molecular weight excluding hydrogens is 571 g/mol. The zero-order chi connectivity index (χ0) is 29.7. The molecule has 2 aromatic heterocycles. The molecule has 0 saturated carbocycles. The van der Waals surface area contributed by atoms with Crippen molar-refractivity contribution >= 4 is 46.1 Å². The number of nitrogens with one attached hydrogen (secondary N) is 2. The molecule has 1 aliphatic heterocycles. The number of rotatable bonds is 7. The number of pyridine rings is 1. The van der Waals surface area contributed by atoms with Crippen molar-refractivity contribution in [2.75, 3.05) is 11.1 Å². The number of anilines is 1. The van der Waals surface area contributed by atoms with Crippen LogP contribution in [0, 0.1) is 0 Å².